The highest BCUT2D eigenvalue weighted by atomic mass is 16.4. The van der Waals surface area contributed by atoms with Gasteiger partial charge in [0.05, 0.1) is 18.2 Å². The number of carboxylic acid groups (broad SMARTS) is 1. The van der Waals surface area contributed by atoms with Gasteiger partial charge in [-0.25, -0.2) is 9.97 Å². The Morgan fingerprint density at radius 1 is 1.24 bits per heavy atom. The van der Waals surface area contributed by atoms with E-state index in [1.807, 2.05) is 30.3 Å². The summed E-state index contributed by atoms with van der Waals surface area (Å²) in [6, 6.07) is 11.1. The summed E-state index contributed by atoms with van der Waals surface area (Å²) in [6.07, 6.45) is 1.96. The highest BCUT2D eigenvalue weighted by Crippen LogP contribution is 2.10. The van der Waals surface area contributed by atoms with Crippen molar-refractivity contribution in [2.75, 3.05) is 11.9 Å². The van der Waals surface area contributed by atoms with Gasteiger partial charge < -0.3 is 15.5 Å². The van der Waals surface area contributed by atoms with E-state index in [4.69, 9.17) is 5.11 Å². The number of hydrogen-bond donors (Lipinski definition) is 3. The Morgan fingerprint density at radius 2 is 2.00 bits per heavy atom. The fraction of sp³-hybridized carbons (Fsp3) is 0.267. The summed E-state index contributed by atoms with van der Waals surface area (Å²) < 4.78 is 0. The lowest BCUT2D eigenvalue weighted by atomic mass is 9.99. The second-order valence-corrected chi connectivity index (χ2v) is 4.64. The third-order valence-electron chi connectivity index (χ3n) is 3.06. The zero-order valence-electron chi connectivity index (χ0n) is 11.4. The van der Waals surface area contributed by atoms with Crippen LogP contribution in [-0.4, -0.2) is 32.7 Å². The summed E-state index contributed by atoms with van der Waals surface area (Å²) in [7, 11) is 0. The molecule has 0 aliphatic carbocycles. The molecule has 0 bridgehead atoms. The number of aromatic nitrogens is 2. The SMILES string of the molecule is O=C(O)C(CNc1nccc(CO)n1)Cc1ccccc1. The van der Waals surface area contributed by atoms with Gasteiger partial charge in [0, 0.05) is 12.7 Å². The lowest BCUT2D eigenvalue weighted by Gasteiger charge is -2.13. The Balaban J connectivity index is 1.98. The van der Waals surface area contributed by atoms with Crippen LogP contribution in [0.3, 0.4) is 0 Å². The summed E-state index contributed by atoms with van der Waals surface area (Å²) in [4.78, 5) is 19.4. The fourth-order valence-electron chi connectivity index (χ4n) is 1.93. The number of nitrogens with zero attached hydrogens (tertiary/aromatic N) is 2. The smallest absolute Gasteiger partial charge is 0.308 e. The Bertz CT molecular complexity index is 590. The molecular weight excluding hydrogens is 270 g/mol. The molecule has 1 unspecified atom stereocenters. The van der Waals surface area contributed by atoms with Crippen LogP contribution in [0.2, 0.25) is 0 Å². The van der Waals surface area contributed by atoms with Gasteiger partial charge in [0.15, 0.2) is 0 Å². The normalized spacial score (nSPS) is 11.9. The van der Waals surface area contributed by atoms with Gasteiger partial charge in [0.1, 0.15) is 0 Å². The van der Waals surface area contributed by atoms with E-state index in [1.165, 1.54) is 6.20 Å². The van der Waals surface area contributed by atoms with Gasteiger partial charge >= 0.3 is 5.97 Å². The van der Waals surface area contributed by atoms with E-state index in [0.717, 1.165) is 5.56 Å². The lowest BCUT2D eigenvalue weighted by molar-refractivity contribution is -0.141. The largest absolute Gasteiger partial charge is 0.481 e. The molecule has 0 fully saturated rings. The van der Waals surface area contributed by atoms with Crippen LogP contribution in [0, 0.1) is 5.92 Å². The van der Waals surface area contributed by atoms with Gasteiger partial charge in [-0.15, -0.1) is 0 Å². The maximum Gasteiger partial charge on any atom is 0.308 e. The van der Waals surface area contributed by atoms with Crippen LogP contribution in [-0.2, 0) is 17.8 Å². The van der Waals surface area contributed by atoms with Crippen molar-refractivity contribution in [2.45, 2.75) is 13.0 Å². The van der Waals surface area contributed by atoms with Crippen molar-refractivity contribution in [3.63, 3.8) is 0 Å². The maximum atomic E-state index is 11.3. The molecule has 0 aliphatic rings. The highest BCUT2D eigenvalue weighted by molar-refractivity contribution is 5.71. The van der Waals surface area contributed by atoms with Gasteiger partial charge in [-0.1, -0.05) is 30.3 Å². The van der Waals surface area contributed by atoms with Crippen LogP contribution in [0.25, 0.3) is 0 Å². The van der Waals surface area contributed by atoms with Gasteiger partial charge in [-0.3, -0.25) is 4.79 Å². The predicted molar refractivity (Wildman–Crippen MR) is 77.7 cm³/mol. The lowest BCUT2D eigenvalue weighted by Crippen LogP contribution is -2.25. The second-order valence-electron chi connectivity index (χ2n) is 4.64. The molecule has 1 aromatic carbocycles. The van der Waals surface area contributed by atoms with Crippen LogP contribution >= 0.6 is 0 Å². The summed E-state index contributed by atoms with van der Waals surface area (Å²) in [5.41, 5.74) is 1.46. The third-order valence-corrected chi connectivity index (χ3v) is 3.06. The summed E-state index contributed by atoms with van der Waals surface area (Å²) >= 11 is 0. The first-order valence-electron chi connectivity index (χ1n) is 6.62. The quantitative estimate of drug-likeness (QED) is 0.711. The molecule has 6 nitrogen and oxygen atoms in total. The van der Waals surface area contributed by atoms with Crippen molar-refractivity contribution in [3.05, 3.63) is 53.9 Å². The Hall–Kier alpha value is -2.47. The first-order valence-corrected chi connectivity index (χ1v) is 6.62. The van der Waals surface area contributed by atoms with E-state index in [2.05, 4.69) is 15.3 Å². The molecule has 2 rings (SSSR count). The minimum Gasteiger partial charge on any atom is -0.481 e. The molecule has 0 saturated heterocycles. The van der Waals surface area contributed by atoms with Crippen molar-refractivity contribution >= 4 is 11.9 Å². The number of nitrogens with one attached hydrogen (secondary N) is 1. The molecule has 0 radical (unpaired) electrons. The van der Waals surface area contributed by atoms with Gasteiger partial charge in [-0.2, -0.15) is 0 Å². The predicted octanol–water partition coefficient (Wildman–Crippen LogP) is 1.32. The average Bonchev–Trinajstić information content (AvgIpc) is 2.52. The van der Waals surface area contributed by atoms with Crippen LogP contribution in [0.5, 0.6) is 0 Å². The molecule has 0 amide bonds. The summed E-state index contributed by atoms with van der Waals surface area (Å²) in [6.45, 7) is 0.0443. The zero-order valence-corrected chi connectivity index (χ0v) is 11.4. The molecule has 0 saturated carbocycles. The van der Waals surface area contributed by atoms with Crippen molar-refractivity contribution in [1.29, 1.82) is 0 Å². The standard InChI is InChI=1S/C15H17N3O3/c19-10-13-6-7-16-15(18-13)17-9-12(14(20)21)8-11-4-2-1-3-5-11/h1-7,12,19H,8-10H2,(H,20,21)(H,16,17,18). The number of hydrogen-bond acceptors (Lipinski definition) is 5. The molecule has 3 N–H and O–H groups in total. The number of rotatable bonds is 7. The molecule has 1 heterocycles. The van der Waals surface area contributed by atoms with E-state index in [0.29, 0.717) is 18.1 Å². The molecule has 110 valence electrons. The number of carboxylic acids is 1. The number of benzene rings is 1. The van der Waals surface area contributed by atoms with E-state index in [1.54, 1.807) is 6.07 Å². The Kier molecular flexibility index (Phi) is 5.22. The number of anilines is 1. The molecule has 1 aromatic heterocycles. The third kappa shape index (κ3) is 4.54. The minimum atomic E-state index is -0.871. The number of aliphatic carboxylic acids is 1. The first-order chi connectivity index (χ1) is 10.2. The first kappa shape index (κ1) is 14.9. The molecule has 1 atom stereocenters. The molecule has 6 heteroatoms. The van der Waals surface area contributed by atoms with Crippen LogP contribution < -0.4 is 5.32 Å². The maximum absolute atomic E-state index is 11.3. The Morgan fingerprint density at radius 3 is 2.67 bits per heavy atom. The van der Waals surface area contributed by atoms with E-state index in [9.17, 15) is 9.90 Å². The van der Waals surface area contributed by atoms with Crippen molar-refractivity contribution in [3.8, 4) is 0 Å². The molecule has 21 heavy (non-hydrogen) atoms. The molecular formula is C15H17N3O3. The topological polar surface area (TPSA) is 95.3 Å². The number of aliphatic hydroxyl groups excluding tert-OH is 1. The monoisotopic (exact) mass is 287 g/mol. The van der Waals surface area contributed by atoms with E-state index in [-0.39, 0.29) is 13.2 Å². The fourth-order valence-corrected chi connectivity index (χ4v) is 1.93. The second kappa shape index (κ2) is 7.35. The van der Waals surface area contributed by atoms with Crippen molar-refractivity contribution < 1.29 is 15.0 Å². The summed E-state index contributed by atoms with van der Waals surface area (Å²) in [5.74, 6) is -1.13. The van der Waals surface area contributed by atoms with Crippen molar-refractivity contribution in [2.24, 2.45) is 5.92 Å². The minimum absolute atomic E-state index is 0.177. The molecule has 2 aromatic rings. The molecule has 0 aliphatic heterocycles. The van der Waals surface area contributed by atoms with E-state index < -0.39 is 11.9 Å². The van der Waals surface area contributed by atoms with Crippen molar-refractivity contribution in [1.82, 2.24) is 9.97 Å². The number of aliphatic hydroxyl groups is 1. The Labute approximate surface area is 122 Å². The zero-order chi connectivity index (χ0) is 15.1. The van der Waals surface area contributed by atoms with Crippen LogP contribution in [0.4, 0.5) is 5.95 Å². The van der Waals surface area contributed by atoms with Crippen LogP contribution in [0.1, 0.15) is 11.3 Å². The van der Waals surface area contributed by atoms with Gasteiger partial charge in [0.25, 0.3) is 0 Å². The molecule has 0 spiro atoms. The number of carbonyl (C=O) groups is 1. The summed E-state index contributed by atoms with van der Waals surface area (Å²) in [5, 5.41) is 21.2. The van der Waals surface area contributed by atoms with Gasteiger partial charge in [-0.05, 0) is 18.1 Å². The van der Waals surface area contributed by atoms with Crippen LogP contribution in [0.15, 0.2) is 42.6 Å². The van der Waals surface area contributed by atoms with E-state index >= 15 is 0 Å². The van der Waals surface area contributed by atoms with Gasteiger partial charge in [0.2, 0.25) is 5.95 Å². The highest BCUT2D eigenvalue weighted by Gasteiger charge is 2.18. The average molecular weight is 287 g/mol.